The Bertz CT molecular complexity index is 822. The van der Waals surface area contributed by atoms with Crippen LogP contribution in [-0.4, -0.2) is 98.8 Å². The van der Waals surface area contributed by atoms with Gasteiger partial charge in [-0.15, -0.1) is 0 Å². The molecule has 5 rings (SSSR count). The van der Waals surface area contributed by atoms with E-state index in [1.54, 1.807) is 0 Å². The standard InChI is InChI=1S/C24H36N6O4/c25-21-3-1-19-17-29-5-9-31-13-15-33-11-7-30(8-12-34-16-14-32-10-6-29)18-20-2-4-22(26)24(28-20)23(21)27-19/h1-4H,5-18,25-26H2. The molecule has 5 heterocycles. The van der Waals surface area contributed by atoms with E-state index < -0.39 is 0 Å². The van der Waals surface area contributed by atoms with Crippen molar-refractivity contribution in [3.8, 4) is 11.4 Å². The van der Waals surface area contributed by atoms with Crippen LogP contribution in [0.2, 0.25) is 0 Å². The summed E-state index contributed by atoms with van der Waals surface area (Å²) in [6.45, 7) is 9.01. The van der Waals surface area contributed by atoms with Crippen molar-refractivity contribution >= 4 is 11.4 Å². The average molecular weight is 473 g/mol. The number of hydrogen-bond acceptors (Lipinski definition) is 10. The smallest absolute Gasteiger partial charge is 0.114 e. The van der Waals surface area contributed by atoms with Crippen LogP contribution in [0.3, 0.4) is 0 Å². The van der Waals surface area contributed by atoms with Crippen LogP contribution in [0.5, 0.6) is 0 Å². The van der Waals surface area contributed by atoms with Gasteiger partial charge in [-0.05, 0) is 24.3 Å². The van der Waals surface area contributed by atoms with Crippen molar-refractivity contribution in [1.82, 2.24) is 19.8 Å². The Labute approximate surface area is 201 Å². The second-order valence-electron chi connectivity index (χ2n) is 8.48. The van der Waals surface area contributed by atoms with E-state index >= 15 is 0 Å². The summed E-state index contributed by atoms with van der Waals surface area (Å²) in [6.07, 6.45) is 0. The first-order valence-corrected chi connectivity index (χ1v) is 12.0. The van der Waals surface area contributed by atoms with Crippen LogP contribution in [-0.2, 0) is 32.0 Å². The van der Waals surface area contributed by atoms with Crippen LogP contribution >= 0.6 is 0 Å². The quantitative estimate of drug-likeness (QED) is 0.574. The van der Waals surface area contributed by atoms with Gasteiger partial charge in [-0.2, -0.15) is 0 Å². The molecule has 0 saturated carbocycles. The second kappa shape index (κ2) is 12.9. The number of rotatable bonds is 0. The summed E-state index contributed by atoms with van der Waals surface area (Å²) in [5.74, 6) is 0. The number of ether oxygens (including phenoxy) is 4. The predicted octanol–water partition coefficient (Wildman–Crippen LogP) is 1.01. The molecule has 0 amide bonds. The molecule has 0 spiro atoms. The number of nitrogens with two attached hydrogens (primary N) is 2. The zero-order valence-corrected chi connectivity index (χ0v) is 19.8. The van der Waals surface area contributed by atoms with Gasteiger partial charge in [0.2, 0.25) is 0 Å². The van der Waals surface area contributed by atoms with Crippen LogP contribution in [0.4, 0.5) is 11.4 Å². The Morgan fingerprint density at radius 2 is 0.882 bits per heavy atom. The van der Waals surface area contributed by atoms with Crippen molar-refractivity contribution in [3.05, 3.63) is 35.7 Å². The summed E-state index contributed by atoms with van der Waals surface area (Å²) in [5, 5.41) is 0. The largest absolute Gasteiger partial charge is 0.397 e. The lowest BCUT2D eigenvalue weighted by Gasteiger charge is -2.24. The SMILES string of the molecule is Nc1ccc2nc1-c1nc(ccc1N)CN1CCOCCOCCN(CCOCCOCC1)C2. The molecule has 2 aromatic rings. The van der Waals surface area contributed by atoms with Crippen LogP contribution in [0.1, 0.15) is 11.4 Å². The molecule has 6 bridgehead atoms. The Hall–Kier alpha value is -2.34. The third-order valence-electron chi connectivity index (χ3n) is 5.92. The fourth-order valence-electron chi connectivity index (χ4n) is 3.99. The van der Waals surface area contributed by atoms with E-state index in [2.05, 4.69) is 9.80 Å². The summed E-state index contributed by atoms with van der Waals surface area (Å²) in [7, 11) is 0. The first-order valence-electron chi connectivity index (χ1n) is 12.0. The Kier molecular flexibility index (Phi) is 9.43. The Balaban J connectivity index is 1.69. The van der Waals surface area contributed by atoms with E-state index in [4.69, 9.17) is 40.4 Å². The molecule has 34 heavy (non-hydrogen) atoms. The topological polar surface area (TPSA) is 121 Å². The fraction of sp³-hybridized carbons (Fsp3) is 0.583. The van der Waals surface area contributed by atoms with E-state index in [1.807, 2.05) is 24.3 Å². The molecule has 4 N–H and O–H groups in total. The van der Waals surface area contributed by atoms with Gasteiger partial charge < -0.3 is 30.4 Å². The van der Waals surface area contributed by atoms with Crippen molar-refractivity contribution in [3.63, 3.8) is 0 Å². The fourth-order valence-corrected chi connectivity index (χ4v) is 3.99. The summed E-state index contributed by atoms with van der Waals surface area (Å²) in [4.78, 5) is 14.3. The van der Waals surface area contributed by atoms with Gasteiger partial charge in [0, 0.05) is 39.3 Å². The Morgan fingerprint density at radius 1 is 0.529 bits per heavy atom. The van der Waals surface area contributed by atoms with Gasteiger partial charge in [-0.1, -0.05) is 0 Å². The normalized spacial score (nSPS) is 23.8. The monoisotopic (exact) mass is 472 g/mol. The summed E-state index contributed by atoms with van der Waals surface area (Å²) in [6, 6.07) is 7.67. The predicted molar refractivity (Wildman–Crippen MR) is 130 cm³/mol. The van der Waals surface area contributed by atoms with E-state index in [1.165, 1.54) is 0 Å². The van der Waals surface area contributed by atoms with Crippen LogP contribution in [0.15, 0.2) is 24.3 Å². The number of anilines is 2. The molecule has 0 unspecified atom stereocenters. The van der Waals surface area contributed by atoms with Gasteiger partial charge in [0.05, 0.1) is 75.6 Å². The lowest BCUT2D eigenvalue weighted by molar-refractivity contribution is 0.00598. The number of nitrogens with zero attached hydrogens (tertiary/aromatic N) is 4. The molecule has 3 aliphatic rings. The molecule has 0 radical (unpaired) electrons. The molecule has 1 saturated heterocycles. The van der Waals surface area contributed by atoms with Crippen LogP contribution in [0.25, 0.3) is 11.4 Å². The minimum Gasteiger partial charge on any atom is -0.397 e. The zero-order valence-electron chi connectivity index (χ0n) is 19.8. The highest BCUT2D eigenvalue weighted by Gasteiger charge is 2.16. The van der Waals surface area contributed by atoms with Crippen LogP contribution < -0.4 is 11.5 Å². The molecule has 0 aliphatic carbocycles. The van der Waals surface area contributed by atoms with Crippen molar-refractivity contribution in [2.45, 2.75) is 13.1 Å². The lowest BCUT2D eigenvalue weighted by Crippen LogP contribution is -2.33. The van der Waals surface area contributed by atoms with Crippen molar-refractivity contribution < 1.29 is 18.9 Å². The molecule has 10 heteroatoms. The second-order valence-corrected chi connectivity index (χ2v) is 8.48. The summed E-state index contributed by atoms with van der Waals surface area (Å²) < 4.78 is 23.3. The first-order chi connectivity index (χ1) is 16.7. The molecule has 3 aliphatic heterocycles. The number of aromatic nitrogens is 2. The third-order valence-corrected chi connectivity index (χ3v) is 5.92. The number of pyridine rings is 2. The van der Waals surface area contributed by atoms with Gasteiger partial charge in [0.15, 0.2) is 0 Å². The third kappa shape index (κ3) is 7.33. The van der Waals surface area contributed by atoms with Gasteiger partial charge >= 0.3 is 0 Å². The van der Waals surface area contributed by atoms with Crippen molar-refractivity contribution in [2.24, 2.45) is 0 Å². The Morgan fingerprint density at radius 3 is 1.24 bits per heavy atom. The maximum absolute atomic E-state index is 6.32. The van der Waals surface area contributed by atoms with E-state index in [0.29, 0.717) is 88.7 Å². The lowest BCUT2D eigenvalue weighted by atomic mass is 10.1. The molecular formula is C24H36N6O4. The summed E-state index contributed by atoms with van der Waals surface area (Å²) in [5.41, 5.74) is 16.8. The first kappa shape index (κ1) is 24.8. The highest BCUT2D eigenvalue weighted by Crippen LogP contribution is 2.28. The van der Waals surface area contributed by atoms with Gasteiger partial charge in [0.1, 0.15) is 11.4 Å². The molecule has 0 aromatic carbocycles. The van der Waals surface area contributed by atoms with Gasteiger partial charge in [-0.3, -0.25) is 9.80 Å². The number of hydrogen-bond donors (Lipinski definition) is 2. The van der Waals surface area contributed by atoms with Gasteiger partial charge in [0.25, 0.3) is 0 Å². The average Bonchev–Trinajstić information content (AvgIpc) is 2.83. The molecule has 186 valence electrons. The molecule has 10 nitrogen and oxygen atoms in total. The molecule has 0 atom stereocenters. The minimum absolute atomic E-state index is 0.556. The zero-order chi connectivity index (χ0) is 23.6. The van der Waals surface area contributed by atoms with E-state index in [9.17, 15) is 0 Å². The van der Waals surface area contributed by atoms with E-state index in [-0.39, 0.29) is 0 Å². The molecule has 2 aromatic heterocycles. The van der Waals surface area contributed by atoms with E-state index in [0.717, 1.165) is 37.6 Å². The highest BCUT2D eigenvalue weighted by atomic mass is 16.5. The number of fused-ring (bicyclic) bond motifs is 14. The molecule has 1 fully saturated rings. The van der Waals surface area contributed by atoms with Crippen molar-refractivity contribution in [1.29, 1.82) is 0 Å². The minimum atomic E-state index is 0.556. The van der Waals surface area contributed by atoms with Gasteiger partial charge in [-0.25, -0.2) is 9.97 Å². The molecular weight excluding hydrogens is 436 g/mol. The van der Waals surface area contributed by atoms with Crippen molar-refractivity contribution in [2.75, 3.05) is 90.5 Å². The maximum atomic E-state index is 6.32. The maximum Gasteiger partial charge on any atom is 0.114 e. The highest BCUT2D eigenvalue weighted by molar-refractivity contribution is 5.78. The summed E-state index contributed by atoms with van der Waals surface area (Å²) >= 11 is 0. The number of nitrogen functional groups attached to an aromatic ring is 2. The van der Waals surface area contributed by atoms with Crippen LogP contribution in [0, 0.1) is 0 Å².